The highest BCUT2D eigenvalue weighted by molar-refractivity contribution is 6.06. The SMILES string of the molecule is CCN(C(=O)c1ccc(C)c([N+](=O)[O-])c1)c1ccccc1C. The van der Waals surface area contributed by atoms with Gasteiger partial charge in [0.05, 0.1) is 4.92 Å². The van der Waals surface area contributed by atoms with Crippen LogP contribution in [0.15, 0.2) is 42.5 Å². The van der Waals surface area contributed by atoms with Crippen LogP contribution < -0.4 is 4.90 Å². The second-order valence-electron chi connectivity index (χ2n) is 5.09. The van der Waals surface area contributed by atoms with Gasteiger partial charge in [0.25, 0.3) is 11.6 Å². The molecule has 0 bridgehead atoms. The lowest BCUT2D eigenvalue weighted by molar-refractivity contribution is -0.385. The van der Waals surface area contributed by atoms with E-state index >= 15 is 0 Å². The summed E-state index contributed by atoms with van der Waals surface area (Å²) in [4.78, 5) is 24.9. The summed E-state index contributed by atoms with van der Waals surface area (Å²) in [6, 6.07) is 12.2. The van der Waals surface area contributed by atoms with Gasteiger partial charge in [0.1, 0.15) is 0 Å². The first-order valence-electron chi connectivity index (χ1n) is 7.08. The molecule has 0 spiro atoms. The minimum absolute atomic E-state index is 0.0355. The van der Waals surface area contributed by atoms with Crippen molar-refractivity contribution in [3.8, 4) is 0 Å². The maximum Gasteiger partial charge on any atom is 0.273 e. The largest absolute Gasteiger partial charge is 0.308 e. The first-order chi connectivity index (χ1) is 10.5. The molecule has 0 heterocycles. The number of carbonyl (C=O) groups is 1. The van der Waals surface area contributed by atoms with Crippen molar-refractivity contribution in [1.82, 2.24) is 0 Å². The normalized spacial score (nSPS) is 10.3. The van der Waals surface area contributed by atoms with Crippen LogP contribution in [0.2, 0.25) is 0 Å². The molecule has 114 valence electrons. The summed E-state index contributed by atoms with van der Waals surface area (Å²) in [6.07, 6.45) is 0. The van der Waals surface area contributed by atoms with Gasteiger partial charge >= 0.3 is 0 Å². The van der Waals surface area contributed by atoms with Gasteiger partial charge in [-0.25, -0.2) is 0 Å². The zero-order chi connectivity index (χ0) is 16.3. The van der Waals surface area contributed by atoms with E-state index in [-0.39, 0.29) is 11.6 Å². The number of amides is 1. The van der Waals surface area contributed by atoms with Crippen LogP contribution in [-0.4, -0.2) is 17.4 Å². The molecule has 0 aliphatic carbocycles. The summed E-state index contributed by atoms with van der Waals surface area (Å²) in [7, 11) is 0. The van der Waals surface area contributed by atoms with Crippen LogP contribution in [0.5, 0.6) is 0 Å². The summed E-state index contributed by atoms with van der Waals surface area (Å²) < 4.78 is 0. The van der Waals surface area contributed by atoms with Crippen molar-refractivity contribution in [2.75, 3.05) is 11.4 Å². The van der Waals surface area contributed by atoms with Gasteiger partial charge in [-0.15, -0.1) is 0 Å². The number of nitro groups is 1. The molecule has 0 fully saturated rings. The molecule has 0 saturated carbocycles. The van der Waals surface area contributed by atoms with Crippen molar-refractivity contribution in [3.63, 3.8) is 0 Å². The third kappa shape index (κ3) is 2.98. The van der Waals surface area contributed by atoms with Gasteiger partial charge < -0.3 is 4.90 Å². The molecule has 0 aliphatic rings. The van der Waals surface area contributed by atoms with Gasteiger partial charge in [-0.2, -0.15) is 0 Å². The maximum absolute atomic E-state index is 12.7. The van der Waals surface area contributed by atoms with Crippen molar-refractivity contribution in [2.24, 2.45) is 0 Å². The van der Waals surface area contributed by atoms with Crippen LogP contribution in [0.25, 0.3) is 0 Å². The number of anilines is 1. The number of hydrogen-bond acceptors (Lipinski definition) is 3. The number of benzene rings is 2. The van der Waals surface area contributed by atoms with Crippen molar-refractivity contribution in [3.05, 3.63) is 69.3 Å². The third-order valence-corrected chi connectivity index (χ3v) is 3.62. The Morgan fingerprint density at radius 3 is 2.41 bits per heavy atom. The summed E-state index contributed by atoms with van der Waals surface area (Å²) >= 11 is 0. The second-order valence-corrected chi connectivity index (χ2v) is 5.09. The Morgan fingerprint density at radius 2 is 1.82 bits per heavy atom. The Labute approximate surface area is 129 Å². The first-order valence-corrected chi connectivity index (χ1v) is 7.08. The highest BCUT2D eigenvalue weighted by Crippen LogP contribution is 2.24. The molecule has 0 unspecified atom stereocenters. The number of nitrogens with zero attached hydrogens (tertiary/aromatic N) is 2. The second kappa shape index (κ2) is 6.39. The molecular formula is C17H18N2O3. The lowest BCUT2D eigenvalue weighted by Gasteiger charge is -2.23. The van der Waals surface area contributed by atoms with Crippen molar-refractivity contribution >= 4 is 17.3 Å². The molecule has 0 aromatic heterocycles. The van der Waals surface area contributed by atoms with Crippen LogP contribution in [0, 0.1) is 24.0 Å². The van der Waals surface area contributed by atoms with Crippen LogP contribution in [-0.2, 0) is 0 Å². The van der Waals surface area contributed by atoms with E-state index in [0.717, 1.165) is 11.3 Å². The van der Waals surface area contributed by atoms with Crippen LogP contribution in [0.4, 0.5) is 11.4 Å². The number of carbonyl (C=O) groups excluding carboxylic acids is 1. The standard InChI is InChI=1S/C17H18N2O3/c1-4-18(15-8-6-5-7-12(15)2)17(20)14-10-9-13(3)16(11-14)19(21)22/h5-11H,4H2,1-3H3. The molecule has 2 rings (SSSR count). The Balaban J connectivity index is 2.44. The lowest BCUT2D eigenvalue weighted by Crippen LogP contribution is -2.31. The van der Waals surface area contributed by atoms with E-state index in [0.29, 0.717) is 17.7 Å². The Bertz CT molecular complexity index is 726. The van der Waals surface area contributed by atoms with Crippen molar-refractivity contribution in [1.29, 1.82) is 0 Å². The fourth-order valence-corrected chi connectivity index (χ4v) is 2.38. The van der Waals surface area contributed by atoms with Crippen LogP contribution in [0.1, 0.15) is 28.4 Å². The summed E-state index contributed by atoms with van der Waals surface area (Å²) in [6.45, 7) is 5.96. The van der Waals surface area contributed by atoms with E-state index in [1.807, 2.05) is 38.1 Å². The van der Waals surface area contributed by atoms with Gasteiger partial charge in [-0.3, -0.25) is 14.9 Å². The zero-order valence-corrected chi connectivity index (χ0v) is 12.9. The quantitative estimate of drug-likeness (QED) is 0.635. The number of para-hydroxylation sites is 1. The molecule has 22 heavy (non-hydrogen) atoms. The molecule has 5 heteroatoms. The molecule has 2 aromatic carbocycles. The molecular weight excluding hydrogens is 280 g/mol. The van der Waals surface area contributed by atoms with Gasteiger partial charge in [-0.1, -0.05) is 24.3 Å². The first kappa shape index (κ1) is 15.7. The summed E-state index contributed by atoms with van der Waals surface area (Å²) in [5.74, 6) is -0.236. The van der Waals surface area contributed by atoms with E-state index in [1.165, 1.54) is 6.07 Å². The van der Waals surface area contributed by atoms with E-state index < -0.39 is 4.92 Å². The van der Waals surface area contributed by atoms with Crippen molar-refractivity contribution < 1.29 is 9.72 Å². The number of nitro benzene ring substituents is 1. The topological polar surface area (TPSA) is 63.5 Å². The van der Waals surface area contributed by atoms with Gasteiger partial charge in [0.15, 0.2) is 0 Å². The fraction of sp³-hybridized carbons (Fsp3) is 0.235. The summed E-state index contributed by atoms with van der Waals surface area (Å²) in [5, 5.41) is 11.0. The zero-order valence-electron chi connectivity index (χ0n) is 12.9. The monoisotopic (exact) mass is 298 g/mol. The predicted octanol–water partition coefficient (Wildman–Crippen LogP) is 3.88. The highest BCUT2D eigenvalue weighted by Gasteiger charge is 2.20. The van der Waals surface area contributed by atoms with Gasteiger partial charge in [-0.05, 0) is 38.5 Å². The minimum atomic E-state index is -0.462. The minimum Gasteiger partial charge on any atom is -0.308 e. The average molecular weight is 298 g/mol. The fourth-order valence-electron chi connectivity index (χ4n) is 2.38. The lowest BCUT2D eigenvalue weighted by atomic mass is 10.1. The van der Waals surface area contributed by atoms with E-state index in [1.54, 1.807) is 24.0 Å². The van der Waals surface area contributed by atoms with Crippen LogP contribution >= 0.6 is 0 Å². The van der Waals surface area contributed by atoms with Gasteiger partial charge in [0, 0.05) is 29.4 Å². The molecule has 0 N–H and O–H groups in total. The van der Waals surface area contributed by atoms with E-state index in [9.17, 15) is 14.9 Å². The Morgan fingerprint density at radius 1 is 1.14 bits per heavy atom. The Kier molecular flexibility index (Phi) is 4.56. The summed E-state index contributed by atoms with van der Waals surface area (Å²) in [5.41, 5.74) is 2.63. The molecule has 1 amide bonds. The smallest absolute Gasteiger partial charge is 0.273 e. The predicted molar refractivity (Wildman–Crippen MR) is 86.4 cm³/mol. The van der Waals surface area contributed by atoms with Crippen molar-refractivity contribution in [2.45, 2.75) is 20.8 Å². The van der Waals surface area contributed by atoms with Gasteiger partial charge in [0.2, 0.25) is 0 Å². The number of hydrogen-bond donors (Lipinski definition) is 0. The average Bonchev–Trinajstić information content (AvgIpc) is 2.50. The molecule has 0 aliphatic heterocycles. The number of aryl methyl sites for hydroxylation is 2. The van der Waals surface area contributed by atoms with Crippen LogP contribution in [0.3, 0.4) is 0 Å². The maximum atomic E-state index is 12.7. The Hall–Kier alpha value is -2.69. The van der Waals surface area contributed by atoms with E-state index in [2.05, 4.69) is 0 Å². The highest BCUT2D eigenvalue weighted by atomic mass is 16.6. The molecule has 0 saturated heterocycles. The molecule has 5 nitrogen and oxygen atoms in total. The number of rotatable bonds is 4. The molecule has 2 aromatic rings. The molecule has 0 radical (unpaired) electrons. The van der Waals surface area contributed by atoms with E-state index in [4.69, 9.17) is 0 Å². The third-order valence-electron chi connectivity index (χ3n) is 3.62. The molecule has 0 atom stereocenters.